The first-order chi connectivity index (χ1) is 9.49. The molecule has 0 heterocycles. The Kier molecular flexibility index (Phi) is 4.47. The zero-order valence-corrected chi connectivity index (χ0v) is 12.2. The summed E-state index contributed by atoms with van der Waals surface area (Å²) in [6.45, 7) is 1.95. The number of nitrogens with zero attached hydrogens (tertiary/aromatic N) is 1. The zero-order valence-electron chi connectivity index (χ0n) is 10.6. The van der Waals surface area contributed by atoms with Gasteiger partial charge in [-0.15, -0.1) is 0 Å². The number of hydrogen-bond acceptors (Lipinski definition) is 3. The first-order valence-corrected chi connectivity index (χ1v) is 6.69. The van der Waals surface area contributed by atoms with E-state index in [1.165, 1.54) is 12.1 Å². The highest BCUT2D eigenvalue weighted by atomic mass is 35.5. The van der Waals surface area contributed by atoms with Crippen molar-refractivity contribution >= 4 is 34.6 Å². The van der Waals surface area contributed by atoms with Crippen molar-refractivity contribution in [2.75, 3.05) is 5.32 Å². The van der Waals surface area contributed by atoms with Crippen molar-refractivity contribution in [3.05, 3.63) is 68.2 Å². The molecular weight excluding hydrogens is 299 g/mol. The molecule has 2 rings (SSSR count). The molecule has 0 aliphatic heterocycles. The number of nitro benzene ring substituents is 1. The van der Waals surface area contributed by atoms with Crippen molar-refractivity contribution in [1.82, 2.24) is 0 Å². The number of nitro groups is 1. The van der Waals surface area contributed by atoms with Crippen molar-refractivity contribution < 1.29 is 4.92 Å². The standard InChI is InChI=1S/C14H12Cl2N2O2/c1-9(11-4-2-3-5-12(11)15)17-10-6-7-14(18(19)20)13(16)8-10/h2-9,17H,1H3. The summed E-state index contributed by atoms with van der Waals surface area (Å²) >= 11 is 12.0. The van der Waals surface area contributed by atoms with Gasteiger partial charge in [0.2, 0.25) is 0 Å². The molecule has 0 aliphatic carbocycles. The number of rotatable bonds is 4. The summed E-state index contributed by atoms with van der Waals surface area (Å²) in [6, 6.07) is 12.0. The van der Waals surface area contributed by atoms with E-state index in [2.05, 4.69) is 5.32 Å². The summed E-state index contributed by atoms with van der Waals surface area (Å²) in [7, 11) is 0. The number of nitrogens with one attached hydrogen (secondary N) is 1. The lowest BCUT2D eigenvalue weighted by atomic mass is 10.1. The lowest BCUT2D eigenvalue weighted by Crippen LogP contribution is -2.07. The average Bonchev–Trinajstić information content (AvgIpc) is 2.38. The lowest BCUT2D eigenvalue weighted by molar-refractivity contribution is -0.384. The van der Waals surface area contributed by atoms with Gasteiger partial charge in [-0.3, -0.25) is 10.1 Å². The van der Waals surface area contributed by atoms with Crippen LogP contribution in [-0.4, -0.2) is 4.92 Å². The summed E-state index contributed by atoms with van der Waals surface area (Å²) in [6.07, 6.45) is 0. The molecule has 0 radical (unpaired) electrons. The second kappa shape index (κ2) is 6.11. The third-order valence-corrected chi connectivity index (χ3v) is 3.55. The number of hydrogen-bond donors (Lipinski definition) is 1. The van der Waals surface area contributed by atoms with E-state index in [0.29, 0.717) is 10.7 Å². The third kappa shape index (κ3) is 3.21. The molecule has 4 nitrogen and oxygen atoms in total. The normalized spacial score (nSPS) is 11.9. The maximum Gasteiger partial charge on any atom is 0.288 e. The van der Waals surface area contributed by atoms with Gasteiger partial charge in [0.25, 0.3) is 5.69 Å². The van der Waals surface area contributed by atoms with Crippen molar-refractivity contribution in [1.29, 1.82) is 0 Å². The molecule has 1 unspecified atom stereocenters. The summed E-state index contributed by atoms with van der Waals surface area (Å²) in [4.78, 5) is 10.2. The predicted molar refractivity (Wildman–Crippen MR) is 81.6 cm³/mol. The Bertz CT molecular complexity index is 647. The Morgan fingerprint density at radius 2 is 1.85 bits per heavy atom. The Morgan fingerprint density at radius 1 is 1.15 bits per heavy atom. The molecule has 104 valence electrons. The quantitative estimate of drug-likeness (QED) is 0.633. The van der Waals surface area contributed by atoms with Crippen LogP contribution in [-0.2, 0) is 0 Å². The smallest absolute Gasteiger partial charge is 0.288 e. The van der Waals surface area contributed by atoms with Gasteiger partial charge >= 0.3 is 0 Å². The van der Waals surface area contributed by atoms with E-state index < -0.39 is 4.92 Å². The monoisotopic (exact) mass is 310 g/mol. The molecule has 0 aliphatic rings. The minimum Gasteiger partial charge on any atom is -0.378 e. The van der Waals surface area contributed by atoms with Crippen LogP contribution in [0.2, 0.25) is 10.0 Å². The molecule has 0 aromatic heterocycles. The lowest BCUT2D eigenvalue weighted by Gasteiger charge is -2.17. The van der Waals surface area contributed by atoms with E-state index in [1.54, 1.807) is 6.07 Å². The molecule has 0 spiro atoms. The Hall–Kier alpha value is -1.78. The SMILES string of the molecule is CC(Nc1ccc([N+](=O)[O-])c(Cl)c1)c1ccccc1Cl. The van der Waals surface area contributed by atoms with Gasteiger partial charge in [-0.25, -0.2) is 0 Å². The van der Waals surface area contributed by atoms with Crippen LogP contribution in [0.3, 0.4) is 0 Å². The van der Waals surface area contributed by atoms with Crippen LogP contribution >= 0.6 is 23.2 Å². The molecule has 2 aromatic carbocycles. The van der Waals surface area contributed by atoms with E-state index in [-0.39, 0.29) is 16.8 Å². The maximum atomic E-state index is 10.7. The molecule has 0 saturated carbocycles. The Morgan fingerprint density at radius 3 is 2.45 bits per heavy atom. The second-order valence-electron chi connectivity index (χ2n) is 4.31. The van der Waals surface area contributed by atoms with Crippen molar-refractivity contribution in [2.24, 2.45) is 0 Å². The number of benzene rings is 2. The van der Waals surface area contributed by atoms with Gasteiger partial charge in [-0.05, 0) is 30.7 Å². The van der Waals surface area contributed by atoms with Gasteiger partial charge in [-0.1, -0.05) is 41.4 Å². The molecule has 1 N–H and O–H groups in total. The second-order valence-corrected chi connectivity index (χ2v) is 5.13. The van der Waals surface area contributed by atoms with Gasteiger partial charge in [0.05, 0.1) is 4.92 Å². The fourth-order valence-electron chi connectivity index (χ4n) is 1.90. The number of halogens is 2. The minimum absolute atomic E-state index is 0.0405. The van der Waals surface area contributed by atoms with E-state index >= 15 is 0 Å². The summed E-state index contributed by atoms with van der Waals surface area (Å²) in [5, 5.41) is 14.7. The topological polar surface area (TPSA) is 55.2 Å². The van der Waals surface area contributed by atoms with Crippen LogP contribution in [0, 0.1) is 10.1 Å². The van der Waals surface area contributed by atoms with Crippen molar-refractivity contribution in [2.45, 2.75) is 13.0 Å². The van der Waals surface area contributed by atoms with Gasteiger partial charge in [-0.2, -0.15) is 0 Å². The fourth-order valence-corrected chi connectivity index (χ4v) is 2.45. The van der Waals surface area contributed by atoms with E-state index in [0.717, 1.165) is 5.56 Å². The highest BCUT2D eigenvalue weighted by Gasteiger charge is 2.14. The van der Waals surface area contributed by atoms with Crippen LogP contribution in [0.15, 0.2) is 42.5 Å². The third-order valence-electron chi connectivity index (χ3n) is 2.90. The van der Waals surface area contributed by atoms with Crippen LogP contribution in [0.25, 0.3) is 0 Å². The van der Waals surface area contributed by atoms with Gasteiger partial charge in [0.1, 0.15) is 5.02 Å². The highest BCUT2D eigenvalue weighted by Crippen LogP contribution is 2.30. The highest BCUT2D eigenvalue weighted by molar-refractivity contribution is 6.33. The van der Waals surface area contributed by atoms with Crippen molar-refractivity contribution in [3.8, 4) is 0 Å². The Labute approximate surface area is 126 Å². The summed E-state index contributed by atoms with van der Waals surface area (Å²) in [5.74, 6) is 0. The molecular formula is C14H12Cl2N2O2. The van der Waals surface area contributed by atoms with E-state index in [9.17, 15) is 10.1 Å². The fraction of sp³-hybridized carbons (Fsp3) is 0.143. The minimum atomic E-state index is -0.510. The Balaban J connectivity index is 2.20. The first-order valence-electron chi connectivity index (χ1n) is 5.94. The first kappa shape index (κ1) is 14.6. The largest absolute Gasteiger partial charge is 0.378 e. The molecule has 0 amide bonds. The molecule has 0 saturated heterocycles. The van der Waals surface area contributed by atoms with E-state index in [1.807, 2.05) is 31.2 Å². The van der Waals surface area contributed by atoms with Gasteiger partial charge < -0.3 is 5.32 Å². The zero-order chi connectivity index (χ0) is 14.7. The summed E-state index contributed by atoms with van der Waals surface area (Å²) < 4.78 is 0. The average molecular weight is 311 g/mol. The summed E-state index contributed by atoms with van der Waals surface area (Å²) in [5.41, 5.74) is 1.54. The van der Waals surface area contributed by atoms with Crippen LogP contribution in [0.5, 0.6) is 0 Å². The molecule has 0 fully saturated rings. The molecule has 1 atom stereocenters. The van der Waals surface area contributed by atoms with Gasteiger partial charge in [0, 0.05) is 22.8 Å². The molecule has 6 heteroatoms. The van der Waals surface area contributed by atoms with Gasteiger partial charge in [0.15, 0.2) is 0 Å². The van der Waals surface area contributed by atoms with Crippen LogP contribution < -0.4 is 5.32 Å². The van der Waals surface area contributed by atoms with E-state index in [4.69, 9.17) is 23.2 Å². The maximum absolute atomic E-state index is 10.7. The number of anilines is 1. The molecule has 0 bridgehead atoms. The molecule has 2 aromatic rings. The van der Waals surface area contributed by atoms with Crippen LogP contribution in [0.1, 0.15) is 18.5 Å². The predicted octanol–water partition coefficient (Wildman–Crippen LogP) is 5.07. The van der Waals surface area contributed by atoms with Crippen molar-refractivity contribution in [3.63, 3.8) is 0 Å². The van der Waals surface area contributed by atoms with Crippen LogP contribution in [0.4, 0.5) is 11.4 Å². The molecule has 20 heavy (non-hydrogen) atoms.